The van der Waals surface area contributed by atoms with Crippen molar-refractivity contribution in [3.8, 4) is 0 Å². The zero-order valence-corrected chi connectivity index (χ0v) is 13.3. The largest absolute Gasteiger partial charge is 0.338 e. The molecule has 8 heteroatoms. The van der Waals surface area contributed by atoms with Crippen LogP contribution >= 0.6 is 0 Å². The third-order valence-electron chi connectivity index (χ3n) is 4.20. The molecule has 1 aromatic rings. The van der Waals surface area contributed by atoms with Gasteiger partial charge in [-0.1, -0.05) is 0 Å². The minimum Gasteiger partial charge on any atom is -0.338 e. The molecule has 1 unspecified atom stereocenters. The van der Waals surface area contributed by atoms with Gasteiger partial charge < -0.3 is 10.2 Å². The number of nitrogens with zero attached hydrogens (tertiary/aromatic N) is 4. The van der Waals surface area contributed by atoms with Crippen LogP contribution in [0.1, 0.15) is 30.7 Å². The summed E-state index contributed by atoms with van der Waals surface area (Å²) in [6, 6.07) is 0.257. The molecule has 1 amide bonds. The van der Waals surface area contributed by atoms with Crippen molar-refractivity contribution in [2.75, 3.05) is 20.1 Å². The van der Waals surface area contributed by atoms with Crippen molar-refractivity contribution in [2.45, 2.75) is 45.7 Å². The Hall–Kier alpha value is -1.96. The van der Waals surface area contributed by atoms with Crippen molar-refractivity contribution < 1.29 is 9.72 Å². The second-order valence-electron chi connectivity index (χ2n) is 5.69. The Morgan fingerprint density at radius 2 is 2.23 bits per heavy atom. The summed E-state index contributed by atoms with van der Waals surface area (Å²) in [5, 5.41) is 18.3. The SMILES string of the molecule is CNCC1CCCN1C(=O)CCn1nc(C)c([N+](=O)[O-])c1C. The summed E-state index contributed by atoms with van der Waals surface area (Å²) < 4.78 is 1.56. The molecule has 1 aromatic heterocycles. The lowest BCUT2D eigenvalue weighted by atomic mass is 10.2. The number of hydrogen-bond acceptors (Lipinski definition) is 5. The summed E-state index contributed by atoms with van der Waals surface area (Å²) >= 11 is 0. The summed E-state index contributed by atoms with van der Waals surface area (Å²) in [4.78, 5) is 24.8. The molecule has 0 bridgehead atoms. The smallest absolute Gasteiger partial charge is 0.312 e. The molecule has 22 heavy (non-hydrogen) atoms. The average Bonchev–Trinajstić information content (AvgIpc) is 3.01. The van der Waals surface area contributed by atoms with Crippen LogP contribution in [0.4, 0.5) is 5.69 Å². The van der Waals surface area contributed by atoms with Gasteiger partial charge >= 0.3 is 5.69 Å². The highest BCUT2D eigenvalue weighted by Gasteiger charge is 2.28. The Morgan fingerprint density at radius 1 is 1.50 bits per heavy atom. The molecular formula is C14H23N5O3. The molecule has 1 saturated heterocycles. The highest BCUT2D eigenvalue weighted by atomic mass is 16.6. The molecule has 8 nitrogen and oxygen atoms in total. The molecule has 0 saturated carbocycles. The van der Waals surface area contributed by atoms with E-state index in [-0.39, 0.29) is 17.6 Å². The molecule has 1 N–H and O–H groups in total. The average molecular weight is 309 g/mol. The Labute approximate surface area is 129 Å². The van der Waals surface area contributed by atoms with Gasteiger partial charge in [-0.05, 0) is 33.7 Å². The number of aryl methyl sites for hydroxylation is 2. The first-order valence-corrected chi connectivity index (χ1v) is 7.58. The van der Waals surface area contributed by atoms with Crippen molar-refractivity contribution in [1.82, 2.24) is 20.0 Å². The first-order valence-electron chi connectivity index (χ1n) is 7.58. The number of amides is 1. The Kier molecular flexibility index (Phi) is 5.12. The Balaban J connectivity index is 2.00. The van der Waals surface area contributed by atoms with E-state index in [9.17, 15) is 14.9 Å². The summed E-state index contributed by atoms with van der Waals surface area (Å²) in [5.74, 6) is 0.0907. The molecule has 0 spiro atoms. The number of nitro groups is 1. The van der Waals surface area contributed by atoms with Gasteiger partial charge in [-0.2, -0.15) is 5.10 Å². The molecule has 1 aliphatic heterocycles. The van der Waals surface area contributed by atoms with E-state index in [1.807, 2.05) is 11.9 Å². The summed E-state index contributed by atoms with van der Waals surface area (Å²) in [6.07, 6.45) is 2.38. The highest BCUT2D eigenvalue weighted by Crippen LogP contribution is 2.22. The number of rotatable bonds is 6. The number of carbonyl (C=O) groups excluding carboxylic acids is 1. The van der Waals surface area contributed by atoms with E-state index in [0.717, 1.165) is 25.9 Å². The number of likely N-dealkylation sites (tertiary alicyclic amines) is 1. The van der Waals surface area contributed by atoms with E-state index in [1.54, 1.807) is 18.5 Å². The minimum absolute atomic E-state index is 0.0432. The summed E-state index contributed by atoms with van der Waals surface area (Å²) in [6.45, 7) is 5.26. The first-order chi connectivity index (χ1) is 10.5. The maximum Gasteiger partial charge on any atom is 0.312 e. The van der Waals surface area contributed by atoms with Crippen molar-refractivity contribution in [2.24, 2.45) is 0 Å². The van der Waals surface area contributed by atoms with E-state index in [1.165, 1.54) is 0 Å². The van der Waals surface area contributed by atoms with Crippen LogP contribution in [-0.2, 0) is 11.3 Å². The van der Waals surface area contributed by atoms with Crippen LogP contribution in [0.2, 0.25) is 0 Å². The second kappa shape index (κ2) is 6.87. The number of likely N-dealkylation sites (N-methyl/N-ethyl adjacent to an activating group) is 1. The predicted octanol–water partition coefficient (Wildman–Crippen LogP) is 1.01. The lowest BCUT2D eigenvalue weighted by Gasteiger charge is -2.24. The quantitative estimate of drug-likeness (QED) is 0.625. The lowest BCUT2D eigenvalue weighted by molar-refractivity contribution is -0.386. The van der Waals surface area contributed by atoms with Crippen LogP contribution in [0.15, 0.2) is 0 Å². The normalized spacial score (nSPS) is 18.0. The second-order valence-corrected chi connectivity index (χ2v) is 5.69. The molecule has 0 aliphatic carbocycles. The first kappa shape index (κ1) is 16.4. The van der Waals surface area contributed by atoms with Crippen molar-refractivity contribution in [3.63, 3.8) is 0 Å². The third kappa shape index (κ3) is 3.27. The van der Waals surface area contributed by atoms with Crippen molar-refractivity contribution in [1.29, 1.82) is 0 Å². The fourth-order valence-corrected chi connectivity index (χ4v) is 3.13. The van der Waals surface area contributed by atoms with E-state index < -0.39 is 4.92 Å². The zero-order valence-electron chi connectivity index (χ0n) is 13.3. The van der Waals surface area contributed by atoms with Gasteiger partial charge in [0, 0.05) is 25.6 Å². The molecule has 0 aromatic carbocycles. The fourth-order valence-electron chi connectivity index (χ4n) is 3.13. The van der Waals surface area contributed by atoms with Gasteiger partial charge in [0.25, 0.3) is 0 Å². The summed E-state index contributed by atoms with van der Waals surface area (Å²) in [7, 11) is 1.88. The van der Waals surface area contributed by atoms with E-state index in [0.29, 0.717) is 24.4 Å². The van der Waals surface area contributed by atoms with Crippen LogP contribution in [0, 0.1) is 24.0 Å². The van der Waals surface area contributed by atoms with Gasteiger partial charge in [-0.3, -0.25) is 19.6 Å². The Bertz CT molecular complexity index is 569. The van der Waals surface area contributed by atoms with Gasteiger partial charge in [0.2, 0.25) is 5.91 Å². The molecule has 1 aliphatic rings. The summed E-state index contributed by atoms with van der Waals surface area (Å²) in [5.41, 5.74) is 0.939. The molecular weight excluding hydrogens is 286 g/mol. The lowest BCUT2D eigenvalue weighted by Crippen LogP contribution is -2.41. The Morgan fingerprint density at radius 3 is 2.82 bits per heavy atom. The van der Waals surface area contributed by atoms with E-state index >= 15 is 0 Å². The van der Waals surface area contributed by atoms with Gasteiger partial charge in [0.1, 0.15) is 11.4 Å². The number of aromatic nitrogens is 2. The molecule has 1 fully saturated rings. The van der Waals surface area contributed by atoms with Gasteiger partial charge in [0.05, 0.1) is 11.5 Å². The number of hydrogen-bond donors (Lipinski definition) is 1. The zero-order chi connectivity index (χ0) is 16.3. The van der Waals surface area contributed by atoms with Crippen LogP contribution in [0.3, 0.4) is 0 Å². The van der Waals surface area contributed by atoms with Gasteiger partial charge in [-0.15, -0.1) is 0 Å². The third-order valence-corrected chi connectivity index (χ3v) is 4.20. The molecule has 122 valence electrons. The van der Waals surface area contributed by atoms with Crippen LogP contribution in [0.5, 0.6) is 0 Å². The van der Waals surface area contributed by atoms with Crippen molar-refractivity contribution >= 4 is 11.6 Å². The maximum absolute atomic E-state index is 12.4. The predicted molar refractivity (Wildman–Crippen MR) is 81.6 cm³/mol. The molecule has 1 atom stereocenters. The fraction of sp³-hybridized carbons (Fsp3) is 0.714. The van der Waals surface area contributed by atoms with Crippen LogP contribution < -0.4 is 5.32 Å². The molecule has 2 heterocycles. The van der Waals surface area contributed by atoms with Crippen LogP contribution in [0.25, 0.3) is 0 Å². The van der Waals surface area contributed by atoms with E-state index in [2.05, 4.69) is 10.4 Å². The maximum atomic E-state index is 12.4. The monoisotopic (exact) mass is 309 g/mol. The number of nitrogens with one attached hydrogen (secondary N) is 1. The highest BCUT2D eigenvalue weighted by molar-refractivity contribution is 5.76. The van der Waals surface area contributed by atoms with Crippen LogP contribution in [-0.4, -0.2) is 51.7 Å². The molecule has 0 radical (unpaired) electrons. The topological polar surface area (TPSA) is 93.3 Å². The minimum atomic E-state index is -0.417. The van der Waals surface area contributed by atoms with Crippen molar-refractivity contribution in [3.05, 3.63) is 21.5 Å². The van der Waals surface area contributed by atoms with Gasteiger partial charge in [0.15, 0.2) is 0 Å². The number of carbonyl (C=O) groups is 1. The molecule has 2 rings (SSSR count). The van der Waals surface area contributed by atoms with Gasteiger partial charge in [-0.25, -0.2) is 0 Å². The standard InChI is InChI=1S/C14H23N5O3/c1-10-14(19(21)22)11(2)18(16-10)8-6-13(20)17-7-4-5-12(17)9-15-3/h12,15H,4-9H2,1-3H3. The van der Waals surface area contributed by atoms with E-state index in [4.69, 9.17) is 0 Å².